The fraction of sp³-hybridized carbons (Fsp3) is 0.351. The summed E-state index contributed by atoms with van der Waals surface area (Å²) in [6.07, 6.45) is 14.1. The van der Waals surface area contributed by atoms with Gasteiger partial charge in [0.1, 0.15) is 23.0 Å². The molecule has 0 fully saturated rings. The van der Waals surface area contributed by atoms with E-state index in [1.54, 1.807) is 24.3 Å². The van der Waals surface area contributed by atoms with Crippen LogP contribution in [0.25, 0.3) is 0 Å². The molecule has 8 aromatic carbocycles. The van der Waals surface area contributed by atoms with Crippen molar-refractivity contribution in [1.29, 1.82) is 0 Å². The van der Waals surface area contributed by atoms with Gasteiger partial charge in [-0.2, -0.15) is 0 Å². The van der Waals surface area contributed by atoms with Gasteiger partial charge in [-0.25, -0.2) is 0 Å². The first kappa shape index (κ1) is 116. The maximum Gasteiger partial charge on any atom is 1.00 e. The van der Waals surface area contributed by atoms with E-state index in [1.165, 1.54) is 81.1 Å². The summed E-state index contributed by atoms with van der Waals surface area (Å²) in [6.45, 7) is 19.8. The molecule has 0 spiro atoms. The molecule has 8 rings (SSSR count). The number of para-hydroxylation sites is 6. The van der Waals surface area contributed by atoms with Crippen molar-refractivity contribution in [3.63, 3.8) is 0 Å². The van der Waals surface area contributed by atoms with E-state index in [4.69, 9.17) is 18.9 Å². The Morgan fingerprint density at radius 3 is 0.684 bits per heavy atom. The average molecular weight is 1670 g/mol. The van der Waals surface area contributed by atoms with E-state index < -0.39 is 0 Å². The van der Waals surface area contributed by atoms with Gasteiger partial charge in [-0.05, 0) is 169 Å². The van der Waals surface area contributed by atoms with E-state index in [2.05, 4.69) is 0 Å². The molecule has 0 saturated heterocycles. The summed E-state index contributed by atoms with van der Waals surface area (Å²) in [5, 5.41) is 91.2. The van der Waals surface area contributed by atoms with E-state index in [-0.39, 0.29) is 362 Å². The minimum atomic E-state index is 0. The molecule has 98 heavy (non-hydrogen) atoms. The molecule has 24 heteroatoms. The Labute approximate surface area is 856 Å². The van der Waals surface area contributed by atoms with Crippen LogP contribution in [0.2, 0.25) is 0 Å². The normalized spacial score (nSPS) is 9.08. The fourth-order valence-electron chi connectivity index (χ4n) is 8.46. The molecular formula is C74H92Cs2K2Li4O12S4. The smallest absolute Gasteiger partial charge is 0.872 e. The summed E-state index contributed by atoms with van der Waals surface area (Å²) in [6, 6.07) is 40.7. The minimum absolute atomic E-state index is 0. The molecule has 0 unspecified atom stereocenters. The van der Waals surface area contributed by atoms with Gasteiger partial charge in [0.05, 0.1) is 28.4 Å². The van der Waals surface area contributed by atoms with Crippen molar-refractivity contribution in [3.8, 4) is 69.0 Å². The van der Waals surface area contributed by atoms with Crippen LogP contribution in [-0.2, 0) is 51.4 Å². The van der Waals surface area contributed by atoms with Gasteiger partial charge in [-0.1, -0.05) is 231 Å². The quantitative estimate of drug-likeness (QED) is 0.0648. The van der Waals surface area contributed by atoms with Gasteiger partial charge in [-0.3, -0.25) is 0 Å². The first-order chi connectivity index (χ1) is 43.1. The SMILES string of the molecule is CCc1cc(C)cc(OC)c1[O-].CCc1cc(C)cc(SC)c1[O-].CCc1cccc(OC)c1[O-].CCc1cccc(OC)c1[O-].CCc1cccc(OC)c1[O-].CCc1cccc(SC)c1[O-].CCc1cccc(SC)c1[O-].CCc1cccc(SC)c1[O-].[Cs+].[Cs+].[K+].[K+].[Li+].[Li+].[Li+].[Li+]. The predicted molar refractivity (Wildman–Crippen MR) is 365 cm³/mol. The second-order valence-corrected chi connectivity index (χ2v) is 22.8. The van der Waals surface area contributed by atoms with Crippen LogP contribution in [0.3, 0.4) is 0 Å². The Morgan fingerprint density at radius 1 is 0.265 bits per heavy atom. The van der Waals surface area contributed by atoms with Gasteiger partial charge in [0.25, 0.3) is 0 Å². The maximum absolute atomic E-state index is 11.6. The molecule has 12 nitrogen and oxygen atoms in total. The van der Waals surface area contributed by atoms with Crippen molar-refractivity contribution >= 4 is 47.0 Å². The van der Waals surface area contributed by atoms with Crippen LogP contribution >= 0.6 is 47.0 Å². The first-order valence-corrected chi connectivity index (χ1v) is 34.7. The molecule has 0 heterocycles. The Balaban J connectivity index is -0.000000156. The van der Waals surface area contributed by atoms with Crippen molar-refractivity contribution in [3.05, 3.63) is 189 Å². The molecule has 0 aliphatic carbocycles. The molecule has 0 amide bonds. The largest absolute Gasteiger partial charge is 1.00 e. The van der Waals surface area contributed by atoms with Crippen LogP contribution < -0.4 is 376 Å². The number of hydrogen-bond donors (Lipinski definition) is 0. The molecule has 0 aromatic heterocycles. The number of hydrogen-bond acceptors (Lipinski definition) is 16. The number of benzene rings is 8. The van der Waals surface area contributed by atoms with E-state index in [9.17, 15) is 40.9 Å². The molecule has 0 aliphatic heterocycles. The van der Waals surface area contributed by atoms with Gasteiger partial charge in [0.2, 0.25) is 0 Å². The molecule has 0 aliphatic rings. The number of aryl methyl sites for hydroxylation is 10. The summed E-state index contributed by atoms with van der Waals surface area (Å²) in [5.74, 6) is 2.60. The van der Waals surface area contributed by atoms with Crippen molar-refractivity contribution in [1.82, 2.24) is 0 Å². The zero-order chi connectivity index (χ0) is 67.9. The van der Waals surface area contributed by atoms with Gasteiger partial charge < -0.3 is 59.8 Å². The number of ether oxygens (including phenoxy) is 4. The van der Waals surface area contributed by atoms with Crippen LogP contribution in [0.4, 0.5) is 0 Å². The second-order valence-electron chi connectivity index (χ2n) is 19.4. The third-order valence-corrected chi connectivity index (χ3v) is 16.7. The average Bonchev–Trinajstić information content (AvgIpc) is 0.942. The van der Waals surface area contributed by atoms with Crippen molar-refractivity contribution in [2.75, 3.05) is 53.5 Å². The zero-order valence-electron chi connectivity index (χ0n) is 63.9. The number of rotatable bonds is 16. The van der Waals surface area contributed by atoms with Crippen LogP contribution in [0.5, 0.6) is 69.0 Å². The van der Waals surface area contributed by atoms with E-state index in [0.717, 1.165) is 121 Å². The van der Waals surface area contributed by atoms with E-state index in [1.807, 2.05) is 203 Å². The molecule has 0 radical (unpaired) electrons. The summed E-state index contributed by atoms with van der Waals surface area (Å²) >= 11 is 6.06. The van der Waals surface area contributed by atoms with Gasteiger partial charge in [-0.15, -0.1) is 47.0 Å². The molecule has 0 saturated carbocycles. The van der Waals surface area contributed by atoms with Crippen molar-refractivity contribution in [2.45, 2.75) is 140 Å². The Morgan fingerprint density at radius 2 is 0.459 bits per heavy atom. The van der Waals surface area contributed by atoms with Crippen molar-refractivity contribution in [2.24, 2.45) is 0 Å². The topological polar surface area (TPSA) is 221 Å². The second kappa shape index (κ2) is 68.8. The van der Waals surface area contributed by atoms with Crippen LogP contribution in [0.15, 0.2) is 153 Å². The summed E-state index contributed by atoms with van der Waals surface area (Å²) in [5.41, 5.74) is 9.17. The van der Waals surface area contributed by atoms with Crippen molar-refractivity contribution < 1.29 is 376 Å². The molecule has 0 bridgehead atoms. The fourth-order valence-corrected chi connectivity index (χ4v) is 10.7. The number of thioether (sulfide) groups is 4. The van der Waals surface area contributed by atoms with E-state index >= 15 is 0 Å². The maximum atomic E-state index is 11.6. The third kappa shape index (κ3) is 41.4. The summed E-state index contributed by atoms with van der Waals surface area (Å²) < 4.78 is 19.6. The zero-order valence-corrected chi connectivity index (χ0v) is 86.0. The van der Waals surface area contributed by atoms with Crippen LogP contribution in [0.1, 0.15) is 111 Å². The molecule has 492 valence electrons. The Kier molecular flexibility index (Phi) is 81.6. The van der Waals surface area contributed by atoms with Crippen LogP contribution in [-0.4, -0.2) is 53.5 Å². The van der Waals surface area contributed by atoms with Crippen LogP contribution in [0, 0.1) is 13.8 Å². The van der Waals surface area contributed by atoms with Gasteiger partial charge >= 0.3 is 316 Å². The third-order valence-electron chi connectivity index (χ3n) is 13.7. The summed E-state index contributed by atoms with van der Waals surface area (Å²) in [4.78, 5) is 3.42. The Hall–Kier alpha value is 2.53. The van der Waals surface area contributed by atoms with Gasteiger partial charge in [0, 0.05) is 0 Å². The molecule has 0 N–H and O–H groups in total. The Bertz CT molecular complexity index is 2740. The predicted octanol–water partition coefficient (Wildman–Crippen LogP) is -9.85. The minimum Gasteiger partial charge on any atom is -0.872 e. The van der Waals surface area contributed by atoms with E-state index in [0.29, 0.717) is 23.0 Å². The first-order valence-electron chi connectivity index (χ1n) is 29.8. The monoisotopic (exact) mass is 1670 g/mol. The molecular weight excluding hydrogens is 1580 g/mol. The number of methoxy groups -OCH3 is 4. The molecule has 0 atom stereocenters. The van der Waals surface area contributed by atoms with Gasteiger partial charge in [0.15, 0.2) is 0 Å². The molecule has 8 aromatic rings. The summed E-state index contributed by atoms with van der Waals surface area (Å²) in [7, 11) is 6.05. The standard InChI is InChI=1S/C10H14O2.C10H14OS.3C9H12O2.3C9H12OS.2Cs.2K.4Li/c2*1-4-8-5-7(2)6-9(12-3)10(8)11;6*1-3-7-5-4-6-8(11-2)9(7)10;;;;;;;;/h2*5-6,11H,4H2,1-3H3;6*4-6,10H,3H2,1-2H3;;;;;;;;/q;;;;;;;;8*+1/p-8.